The summed E-state index contributed by atoms with van der Waals surface area (Å²) >= 11 is 0. The summed E-state index contributed by atoms with van der Waals surface area (Å²) in [6, 6.07) is 31.0. The lowest BCUT2D eigenvalue weighted by atomic mass is 9.83. The van der Waals surface area contributed by atoms with Crippen molar-refractivity contribution in [1.82, 2.24) is 20.9 Å². The van der Waals surface area contributed by atoms with Crippen molar-refractivity contribution in [2.75, 3.05) is 18.9 Å². The molecule has 1 saturated heterocycles. The van der Waals surface area contributed by atoms with Crippen LogP contribution in [-0.4, -0.2) is 35.6 Å². The molecular weight excluding hydrogens is 514 g/mol. The van der Waals surface area contributed by atoms with Crippen LogP contribution in [0.1, 0.15) is 23.5 Å². The summed E-state index contributed by atoms with van der Waals surface area (Å²) in [6.07, 6.45) is 2.34. The van der Waals surface area contributed by atoms with Crippen molar-refractivity contribution >= 4 is 39.2 Å². The summed E-state index contributed by atoms with van der Waals surface area (Å²) in [6.45, 7) is 0.617. The molecule has 2 atom stereocenters. The topological polar surface area (TPSA) is 118 Å². The standard InChI is InChI=1S/C33H31N5O3/c34-31-27-14-13-22(19-24(27)15-17-35-31)20-36-32(40)33(38-30(39)21-41-25-9-2-1-3-10-25)29(16-18-37-33)28-12-6-8-23-7-4-5-11-26(23)28/h1-15,17,19,29,37H,16,18,20-21H2,(H2,34,35)(H,36,40)(H,38,39). The van der Waals surface area contributed by atoms with Crippen molar-refractivity contribution in [3.05, 3.63) is 114 Å². The van der Waals surface area contributed by atoms with Crippen molar-refractivity contribution in [2.24, 2.45) is 0 Å². The maximum Gasteiger partial charge on any atom is 0.261 e. The van der Waals surface area contributed by atoms with Crippen molar-refractivity contribution in [1.29, 1.82) is 0 Å². The first-order chi connectivity index (χ1) is 20.0. The zero-order valence-electron chi connectivity index (χ0n) is 22.5. The molecule has 8 nitrogen and oxygen atoms in total. The van der Waals surface area contributed by atoms with E-state index in [-0.39, 0.29) is 25.0 Å². The van der Waals surface area contributed by atoms with Crippen LogP contribution in [0, 0.1) is 0 Å². The molecule has 1 aliphatic rings. The van der Waals surface area contributed by atoms with Crippen LogP contribution < -0.4 is 26.4 Å². The van der Waals surface area contributed by atoms with Gasteiger partial charge in [0.2, 0.25) is 0 Å². The van der Waals surface area contributed by atoms with Crippen LogP contribution in [0.5, 0.6) is 5.75 Å². The summed E-state index contributed by atoms with van der Waals surface area (Å²) in [4.78, 5) is 31.6. The lowest BCUT2D eigenvalue weighted by molar-refractivity contribution is -0.136. The third-order valence-corrected chi connectivity index (χ3v) is 7.68. The second kappa shape index (κ2) is 11.3. The number of rotatable bonds is 8. The normalized spacial score (nSPS) is 18.3. The van der Waals surface area contributed by atoms with E-state index < -0.39 is 11.6 Å². The van der Waals surface area contributed by atoms with Gasteiger partial charge in [0.05, 0.1) is 0 Å². The van der Waals surface area contributed by atoms with Gasteiger partial charge in [-0.1, -0.05) is 72.8 Å². The number of hydrogen-bond acceptors (Lipinski definition) is 6. The van der Waals surface area contributed by atoms with Crippen molar-refractivity contribution in [2.45, 2.75) is 24.5 Å². The van der Waals surface area contributed by atoms with Crippen LogP contribution >= 0.6 is 0 Å². The van der Waals surface area contributed by atoms with Crippen LogP contribution in [-0.2, 0) is 16.1 Å². The number of pyridine rings is 1. The summed E-state index contributed by atoms with van der Waals surface area (Å²) in [5.74, 6) is 0.0354. The molecule has 0 aliphatic carbocycles. The van der Waals surface area contributed by atoms with Crippen LogP contribution in [0.25, 0.3) is 21.5 Å². The molecule has 0 spiro atoms. The number of nitrogens with one attached hydrogen (secondary N) is 3. The molecule has 5 N–H and O–H groups in total. The van der Waals surface area contributed by atoms with E-state index in [9.17, 15) is 9.59 Å². The second-order valence-corrected chi connectivity index (χ2v) is 10.2. The Balaban J connectivity index is 1.29. The molecule has 2 heterocycles. The van der Waals surface area contributed by atoms with E-state index >= 15 is 0 Å². The number of benzene rings is 4. The van der Waals surface area contributed by atoms with Gasteiger partial charge in [0.1, 0.15) is 11.6 Å². The van der Waals surface area contributed by atoms with E-state index in [0.717, 1.165) is 32.7 Å². The zero-order chi connectivity index (χ0) is 28.2. The van der Waals surface area contributed by atoms with Gasteiger partial charge in [-0.25, -0.2) is 4.98 Å². The highest BCUT2D eigenvalue weighted by Crippen LogP contribution is 2.38. The molecule has 2 amide bonds. The molecule has 1 aromatic heterocycles. The Morgan fingerprint density at radius 1 is 0.927 bits per heavy atom. The molecule has 5 aromatic rings. The Kier molecular flexibility index (Phi) is 7.22. The molecule has 0 saturated carbocycles. The minimum Gasteiger partial charge on any atom is -0.484 e. The Morgan fingerprint density at radius 3 is 2.61 bits per heavy atom. The number of nitrogens with two attached hydrogens (primary N) is 1. The molecule has 206 valence electrons. The zero-order valence-corrected chi connectivity index (χ0v) is 22.5. The molecule has 1 fully saturated rings. The van der Waals surface area contributed by atoms with Gasteiger partial charge < -0.3 is 21.1 Å². The summed E-state index contributed by atoms with van der Waals surface area (Å²) < 4.78 is 5.71. The lowest BCUT2D eigenvalue weighted by Crippen LogP contribution is -2.67. The summed E-state index contributed by atoms with van der Waals surface area (Å²) in [5.41, 5.74) is 6.55. The molecule has 0 bridgehead atoms. The van der Waals surface area contributed by atoms with E-state index in [2.05, 4.69) is 39.1 Å². The van der Waals surface area contributed by atoms with Crippen LogP contribution in [0.3, 0.4) is 0 Å². The predicted molar refractivity (Wildman–Crippen MR) is 160 cm³/mol. The van der Waals surface area contributed by atoms with Crippen LogP contribution in [0.4, 0.5) is 5.82 Å². The minimum atomic E-state index is -1.37. The highest BCUT2D eigenvalue weighted by atomic mass is 16.5. The number of carbonyl (C=O) groups excluding carboxylic acids is 2. The highest BCUT2D eigenvalue weighted by Gasteiger charge is 2.51. The number of ether oxygens (including phenoxy) is 1. The average molecular weight is 546 g/mol. The van der Waals surface area contributed by atoms with Gasteiger partial charge in [-0.15, -0.1) is 0 Å². The highest BCUT2D eigenvalue weighted by molar-refractivity contribution is 5.95. The largest absolute Gasteiger partial charge is 0.484 e. The molecule has 6 rings (SSSR count). The van der Waals surface area contributed by atoms with E-state index in [1.165, 1.54) is 0 Å². The van der Waals surface area contributed by atoms with Crippen LogP contribution in [0.15, 0.2) is 103 Å². The average Bonchev–Trinajstić information content (AvgIpc) is 3.43. The number of carbonyl (C=O) groups is 2. The quantitative estimate of drug-likeness (QED) is 0.232. The third kappa shape index (κ3) is 5.29. The monoisotopic (exact) mass is 545 g/mol. The van der Waals surface area contributed by atoms with E-state index in [1.807, 2.05) is 66.7 Å². The molecular formula is C33H31N5O3. The maximum absolute atomic E-state index is 14.1. The van der Waals surface area contributed by atoms with E-state index in [1.54, 1.807) is 18.3 Å². The van der Waals surface area contributed by atoms with Crippen molar-refractivity contribution in [3.63, 3.8) is 0 Å². The smallest absolute Gasteiger partial charge is 0.261 e. The van der Waals surface area contributed by atoms with Gasteiger partial charge in [-0.3, -0.25) is 14.9 Å². The molecule has 2 unspecified atom stereocenters. The number of aromatic nitrogens is 1. The Labute approximate surface area is 237 Å². The van der Waals surface area contributed by atoms with Gasteiger partial charge >= 0.3 is 0 Å². The predicted octanol–water partition coefficient (Wildman–Crippen LogP) is 4.26. The molecule has 0 radical (unpaired) electrons. The number of anilines is 1. The minimum absolute atomic E-state index is 0.219. The lowest BCUT2D eigenvalue weighted by Gasteiger charge is -2.36. The van der Waals surface area contributed by atoms with Gasteiger partial charge in [-0.2, -0.15) is 0 Å². The van der Waals surface area contributed by atoms with Gasteiger partial charge in [-0.05, 0) is 64.5 Å². The SMILES string of the molecule is Nc1nccc2cc(CNC(=O)C3(NC(=O)COc4ccccc4)NCCC3c3cccc4ccccc34)ccc12. The number of amides is 2. The second-order valence-electron chi connectivity index (χ2n) is 10.2. The molecule has 41 heavy (non-hydrogen) atoms. The molecule has 8 heteroatoms. The fourth-order valence-corrected chi connectivity index (χ4v) is 5.73. The first kappa shape index (κ1) is 26.3. The number of para-hydroxylation sites is 1. The Bertz CT molecular complexity index is 1720. The van der Waals surface area contributed by atoms with Gasteiger partial charge in [0.15, 0.2) is 12.3 Å². The van der Waals surface area contributed by atoms with Crippen molar-refractivity contribution < 1.29 is 14.3 Å². The number of fused-ring (bicyclic) bond motifs is 2. The molecule has 1 aliphatic heterocycles. The fourth-order valence-electron chi connectivity index (χ4n) is 5.73. The first-order valence-corrected chi connectivity index (χ1v) is 13.7. The Hall–Kier alpha value is -4.95. The Morgan fingerprint density at radius 2 is 1.73 bits per heavy atom. The number of nitrogens with zero attached hydrogens (tertiary/aromatic N) is 1. The summed E-state index contributed by atoms with van der Waals surface area (Å²) in [7, 11) is 0. The third-order valence-electron chi connectivity index (χ3n) is 7.68. The number of nitrogen functional groups attached to an aromatic ring is 1. The van der Waals surface area contributed by atoms with Crippen molar-refractivity contribution in [3.8, 4) is 5.75 Å². The van der Waals surface area contributed by atoms with Gasteiger partial charge in [0.25, 0.3) is 11.8 Å². The first-order valence-electron chi connectivity index (χ1n) is 13.7. The summed E-state index contributed by atoms with van der Waals surface area (Å²) in [5, 5.41) is 13.4. The van der Waals surface area contributed by atoms with Crippen LogP contribution in [0.2, 0.25) is 0 Å². The number of hydrogen-bond donors (Lipinski definition) is 4. The fraction of sp³-hybridized carbons (Fsp3) is 0.182. The maximum atomic E-state index is 14.1. The van der Waals surface area contributed by atoms with Gasteiger partial charge in [0, 0.05) is 24.0 Å². The molecule has 4 aromatic carbocycles. The van der Waals surface area contributed by atoms with E-state index in [0.29, 0.717) is 24.5 Å². The van der Waals surface area contributed by atoms with E-state index in [4.69, 9.17) is 10.5 Å².